The van der Waals surface area contributed by atoms with E-state index < -0.39 is 0 Å². The van der Waals surface area contributed by atoms with Gasteiger partial charge in [0.1, 0.15) is 5.75 Å². The first-order valence-corrected chi connectivity index (χ1v) is 8.61. The van der Waals surface area contributed by atoms with Gasteiger partial charge in [-0.3, -0.25) is 4.79 Å². The van der Waals surface area contributed by atoms with Crippen LogP contribution in [0.4, 0.5) is 11.6 Å². The summed E-state index contributed by atoms with van der Waals surface area (Å²) in [7, 11) is 1.58. The van der Waals surface area contributed by atoms with Crippen LogP contribution in [-0.2, 0) is 0 Å². The zero-order valence-corrected chi connectivity index (χ0v) is 15.0. The molecule has 132 valence electrons. The van der Waals surface area contributed by atoms with E-state index in [2.05, 4.69) is 27.1 Å². The van der Waals surface area contributed by atoms with E-state index in [1.807, 2.05) is 19.1 Å². The molecular weight excluding hydrogens is 316 g/mol. The monoisotopic (exact) mass is 340 g/mol. The predicted molar refractivity (Wildman–Crippen MR) is 98.3 cm³/mol. The van der Waals surface area contributed by atoms with Gasteiger partial charge in [0, 0.05) is 19.3 Å². The van der Waals surface area contributed by atoms with E-state index in [0.717, 1.165) is 31.8 Å². The van der Waals surface area contributed by atoms with E-state index in [4.69, 9.17) is 4.74 Å². The van der Waals surface area contributed by atoms with Crippen LogP contribution in [0.25, 0.3) is 0 Å². The molecule has 6 nitrogen and oxygen atoms in total. The van der Waals surface area contributed by atoms with Gasteiger partial charge in [-0.05, 0) is 37.8 Å². The molecule has 1 fully saturated rings. The van der Waals surface area contributed by atoms with Gasteiger partial charge in [-0.25, -0.2) is 9.97 Å². The average Bonchev–Trinajstić information content (AvgIpc) is 2.62. The molecule has 0 saturated carbocycles. The van der Waals surface area contributed by atoms with Crippen LogP contribution in [0.2, 0.25) is 0 Å². The van der Waals surface area contributed by atoms with Gasteiger partial charge in [-0.15, -0.1) is 0 Å². The van der Waals surface area contributed by atoms with Crippen molar-refractivity contribution in [1.29, 1.82) is 0 Å². The van der Waals surface area contributed by atoms with Crippen molar-refractivity contribution in [3.05, 3.63) is 41.7 Å². The molecule has 1 saturated heterocycles. The molecule has 1 aromatic heterocycles. The number of piperidine rings is 1. The van der Waals surface area contributed by atoms with Gasteiger partial charge < -0.3 is 15.0 Å². The summed E-state index contributed by atoms with van der Waals surface area (Å²) >= 11 is 0. The van der Waals surface area contributed by atoms with E-state index in [1.165, 1.54) is 0 Å². The number of aromatic nitrogens is 2. The van der Waals surface area contributed by atoms with Crippen LogP contribution in [0.15, 0.2) is 30.5 Å². The summed E-state index contributed by atoms with van der Waals surface area (Å²) in [6, 6.07) is 7.31. The van der Waals surface area contributed by atoms with E-state index in [9.17, 15) is 4.79 Å². The van der Waals surface area contributed by atoms with Gasteiger partial charge in [0.25, 0.3) is 5.91 Å². The molecule has 1 aromatic carbocycles. The van der Waals surface area contributed by atoms with Gasteiger partial charge >= 0.3 is 0 Å². The van der Waals surface area contributed by atoms with E-state index >= 15 is 0 Å². The second kappa shape index (κ2) is 7.51. The molecule has 1 aliphatic rings. The number of nitrogens with one attached hydrogen (secondary N) is 1. The largest absolute Gasteiger partial charge is 0.495 e. The van der Waals surface area contributed by atoms with Crippen molar-refractivity contribution in [1.82, 2.24) is 9.97 Å². The van der Waals surface area contributed by atoms with Crippen molar-refractivity contribution in [2.45, 2.75) is 26.7 Å². The highest BCUT2D eigenvalue weighted by molar-refractivity contribution is 6.05. The van der Waals surface area contributed by atoms with E-state index in [-0.39, 0.29) is 5.91 Å². The van der Waals surface area contributed by atoms with Crippen LogP contribution in [0.5, 0.6) is 5.75 Å². The number of anilines is 2. The summed E-state index contributed by atoms with van der Waals surface area (Å²) in [5.74, 6) is 1.84. The summed E-state index contributed by atoms with van der Waals surface area (Å²) in [6.07, 6.45) is 3.91. The minimum atomic E-state index is -0.235. The maximum atomic E-state index is 12.6. The molecule has 0 atom stereocenters. The summed E-state index contributed by atoms with van der Waals surface area (Å²) in [4.78, 5) is 23.7. The minimum absolute atomic E-state index is 0.235. The molecule has 0 unspecified atom stereocenters. The van der Waals surface area contributed by atoms with Gasteiger partial charge in [0.05, 0.1) is 24.1 Å². The molecule has 0 radical (unpaired) electrons. The highest BCUT2D eigenvalue weighted by atomic mass is 16.5. The molecule has 6 heteroatoms. The number of methoxy groups -OCH3 is 1. The second-order valence-electron chi connectivity index (χ2n) is 6.49. The quantitative estimate of drug-likeness (QED) is 0.925. The Hall–Kier alpha value is -2.63. The molecule has 3 rings (SSSR count). The van der Waals surface area contributed by atoms with Crippen LogP contribution in [-0.4, -0.2) is 36.1 Å². The summed E-state index contributed by atoms with van der Waals surface area (Å²) in [5.41, 5.74) is 1.78. The van der Waals surface area contributed by atoms with Crippen LogP contribution in [0, 0.1) is 12.8 Å². The second-order valence-corrected chi connectivity index (χ2v) is 6.49. The minimum Gasteiger partial charge on any atom is -0.495 e. The Kier molecular flexibility index (Phi) is 5.16. The first kappa shape index (κ1) is 17.2. The third-order valence-electron chi connectivity index (χ3n) is 4.63. The molecule has 1 aliphatic heterocycles. The Labute approximate surface area is 148 Å². The number of aryl methyl sites for hydroxylation is 1. The standard InChI is InChI=1S/C19H24N4O2/c1-13-8-10-23(11-9-13)19-20-12-15(14(2)21-19)18(24)22-16-6-4-5-7-17(16)25-3/h4-7,12-13H,8-11H2,1-3H3,(H,22,24). The number of benzene rings is 1. The predicted octanol–water partition coefficient (Wildman–Crippen LogP) is 3.28. The van der Waals surface area contributed by atoms with E-state index in [0.29, 0.717) is 28.6 Å². The number of carbonyl (C=O) groups excluding carboxylic acids is 1. The lowest BCUT2D eigenvalue weighted by molar-refractivity contribution is 0.102. The third kappa shape index (κ3) is 3.90. The normalized spacial score (nSPS) is 15.1. The maximum absolute atomic E-state index is 12.6. The Morgan fingerprint density at radius 1 is 1.28 bits per heavy atom. The van der Waals surface area contributed by atoms with Crippen molar-refractivity contribution in [3.8, 4) is 5.75 Å². The topological polar surface area (TPSA) is 67.3 Å². The molecule has 0 aliphatic carbocycles. The van der Waals surface area contributed by atoms with Gasteiger partial charge in [-0.2, -0.15) is 0 Å². The zero-order valence-electron chi connectivity index (χ0n) is 15.0. The van der Waals surface area contributed by atoms with Crippen molar-refractivity contribution in [2.75, 3.05) is 30.4 Å². The Morgan fingerprint density at radius 2 is 2.00 bits per heavy atom. The Morgan fingerprint density at radius 3 is 2.68 bits per heavy atom. The highest BCUT2D eigenvalue weighted by Crippen LogP contribution is 2.24. The lowest BCUT2D eigenvalue weighted by Gasteiger charge is -2.30. The molecule has 1 amide bonds. The maximum Gasteiger partial charge on any atom is 0.259 e. The number of amides is 1. The lowest BCUT2D eigenvalue weighted by atomic mass is 10.00. The fourth-order valence-electron chi connectivity index (χ4n) is 2.98. The first-order chi connectivity index (χ1) is 12.1. The zero-order chi connectivity index (χ0) is 17.8. The molecule has 25 heavy (non-hydrogen) atoms. The Balaban J connectivity index is 1.75. The number of hydrogen-bond acceptors (Lipinski definition) is 5. The van der Waals surface area contributed by atoms with Crippen molar-refractivity contribution >= 4 is 17.5 Å². The van der Waals surface area contributed by atoms with Crippen LogP contribution in [0.1, 0.15) is 35.8 Å². The number of para-hydroxylation sites is 2. The van der Waals surface area contributed by atoms with Crippen molar-refractivity contribution < 1.29 is 9.53 Å². The average molecular weight is 340 g/mol. The highest BCUT2D eigenvalue weighted by Gasteiger charge is 2.20. The molecule has 0 spiro atoms. The molecule has 0 bridgehead atoms. The number of hydrogen-bond donors (Lipinski definition) is 1. The smallest absolute Gasteiger partial charge is 0.259 e. The molecule has 1 N–H and O–H groups in total. The summed E-state index contributed by atoms with van der Waals surface area (Å²) < 4.78 is 5.27. The van der Waals surface area contributed by atoms with Crippen LogP contribution in [0.3, 0.4) is 0 Å². The molecule has 2 aromatic rings. The lowest BCUT2D eigenvalue weighted by Crippen LogP contribution is -2.34. The number of rotatable bonds is 4. The van der Waals surface area contributed by atoms with Crippen LogP contribution >= 0.6 is 0 Å². The van der Waals surface area contributed by atoms with Gasteiger partial charge in [0.2, 0.25) is 5.95 Å². The van der Waals surface area contributed by atoms with Gasteiger partial charge in [-0.1, -0.05) is 19.1 Å². The van der Waals surface area contributed by atoms with Crippen LogP contribution < -0.4 is 15.0 Å². The summed E-state index contributed by atoms with van der Waals surface area (Å²) in [5, 5.41) is 2.87. The Bertz CT molecular complexity index is 755. The number of carbonyl (C=O) groups is 1. The van der Waals surface area contributed by atoms with Crippen molar-refractivity contribution in [3.63, 3.8) is 0 Å². The SMILES string of the molecule is COc1ccccc1NC(=O)c1cnc(N2CCC(C)CC2)nc1C. The third-order valence-corrected chi connectivity index (χ3v) is 4.63. The fraction of sp³-hybridized carbons (Fsp3) is 0.421. The summed E-state index contributed by atoms with van der Waals surface area (Å²) in [6.45, 7) is 6.05. The first-order valence-electron chi connectivity index (χ1n) is 8.61. The number of ether oxygens (including phenoxy) is 1. The molecular formula is C19H24N4O2. The number of nitrogens with zero attached hydrogens (tertiary/aromatic N) is 3. The fourth-order valence-corrected chi connectivity index (χ4v) is 2.98. The molecule has 2 heterocycles. The van der Waals surface area contributed by atoms with E-state index in [1.54, 1.807) is 25.4 Å². The van der Waals surface area contributed by atoms with Gasteiger partial charge in [0.15, 0.2) is 0 Å². The van der Waals surface area contributed by atoms with Crippen molar-refractivity contribution in [2.24, 2.45) is 5.92 Å².